The molecule has 18 heavy (non-hydrogen) atoms. The number of rotatable bonds is 2. The highest BCUT2D eigenvalue weighted by Crippen LogP contribution is 2.23. The molecule has 2 aromatic rings. The van der Waals surface area contributed by atoms with Gasteiger partial charge < -0.3 is 5.32 Å². The lowest BCUT2D eigenvalue weighted by Crippen LogP contribution is -2.27. The summed E-state index contributed by atoms with van der Waals surface area (Å²) in [6.45, 7) is 2.16. The first-order valence-corrected chi connectivity index (χ1v) is 6.35. The summed E-state index contributed by atoms with van der Waals surface area (Å²) >= 11 is 0. The van der Waals surface area contributed by atoms with Gasteiger partial charge in [0.2, 0.25) is 0 Å². The SMILES string of the molecule is Cn1nccc1-c1cnc(C2CCNCC2)cn1. The van der Waals surface area contributed by atoms with Crippen molar-refractivity contribution in [3.8, 4) is 11.4 Å². The van der Waals surface area contributed by atoms with E-state index in [9.17, 15) is 0 Å². The van der Waals surface area contributed by atoms with Gasteiger partial charge in [-0.25, -0.2) is 0 Å². The van der Waals surface area contributed by atoms with Crippen LogP contribution in [0.5, 0.6) is 0 Å². The molecule has 0 unspecified atom stereocenters. The lowest BCUT2D eigenvalue weighted by molar-refractivity contribution is 0.452. The van der Waals surface area contributed by atoms with E-state index in [4.69, 9.17) is 0 Å². The van der Waals surface area contributed by atoms with Crippen LogP contribution >= 0.6 is 0 Å². The summed E-state index contributed by atoms with van der Waals surface area (Å²) in [5.41, 5.74) is 2.99. The zero-order valence-corrected chi connectivity index (χ0v) is 10.5. The van der Waals surface area contributed by atoms with Crippen molar-refractivity contribution in [3.05, 3.63) is 30.4 Å². The predicted octanol–water partition coefficient (Wildman–Crippen LogP) is 1.34. The highest BCUT2D eigenvalue weighted by molar-refractivity contribution is 5.52. The molecule has 0 radical (unpaired) electrons. The van der Waals surface area contributed by atoms with Gasteiger partial charge in [-0.2, -0.15) is 5.10 Å². The maximum Gasteiger partial charge on any atom is 0.107 e. The third-order valence-corrected chi connectivity index (χ3v) is 3.51. The average Bonchev–Trinajstić information content (AvgIpc) is 2.86. The first-order valence-electron chi connectivity index (χ1n) is 6.35. The maximum atomic E-state index is 4.57. The van der Waals surface area contributed by atoms with Crippen LogP contribution < -0.4 is 5.32 Å². The molecule has 0 bridgehead atoms. The van der Waals surface area contributed by atoms with Crippen LogP contribution in [0.25, 0.3) is 11.4 Å². The number of nitrogens with zero attached hydrogens (tertiary/aromatic N) is 4. The highest BCUT2D eigenvalue weighted by Gasteiger charge is 2.17. The Balaban J connectivity index is 1.82. The van der Waals surface area contributed by atoms with E-state index in [-0.39, 0.29) is 0 Å². The van der Waals surface area contributed by atoms with Gasteiger partial charge in [-0.3, -0.25) is 14.6 Å². The topological polar surface area (TPSA) is 55.6 Å². The van der Waals surface area contributed by atoms with Crippen LogP contribution in [0.1, 0.15) is 24.5 Å². The van der Waals surface area contributed by atoms with E-state index in [1.807, 2.05) is 30.2 Å². The minimum Gasteiger partial charge on any atom is -0.317 e. The molecule has 0 aromatic carbocycles. The van der Waals surface area contributed by atoms with E-state index < -0.39 is 0 Å². The third-order valence-electron chi connectivity index (χ3n) is 3.51. The summed E-state index contributed by atoms with van der Waals surface area (Å²) in [5, 5.41) is 7.51. The van der Waals surface area contributed by atoms with Crippen molar-refractivity contribution in [1.82, 2.24) is 25.1 Å². The second kappa shape index (κ2) is 4.86. The number of aryl methyl sites for hydroxylation is 1. The van der Waals surface area contributed by atoms with Gasteiger partial charge >= 0.3 is 0 Å². The average molecular weight is 243 g/mol. The molecular weight excluding hydrogens is 226 g/mol. The van der Waals surface area contributed by atoms with Crippen LogP contribution in [0.15, 0.2) is 24.7 Å². The normalized spacial score (nSPS) is 16.9. The van der Waals surface area contributed by atoms with Crippen molar-refractivity contribution in [1.29, 1.82) is 0 Å². The summed E-state index contributed by atoms with van der Waals surface area (Å²) < 4.78 is 1.81. The monoisotopic (exact) mass is 243 g/mol. The number of piperidine rings is 1. The van der Waals surface area contributed by atoms with E-state index in [0.717, 1.165) is 43.0 Å². The summed E-state index contributed by atoms with van der Waals surface area (Å²) in [7, 11) is 1.91. The Hall–Kier alpha value is -1.75. The molecule has 1 N–H and O–H groups in total. The molecule has 1 fully saturated rings. The molecule has 5 nitrogen and oxygen atoms in total. The fourth-order valence-electron chi connectivity index (χ4n) is 2.42. The number of hydrogen-bond acceptors (Lipinski definition) is 4. The van der Waals surface area contributed by atoms with E-state index >= 15 is 0 Å². The van der Waals surface area contributed by atoms with E-state index in [1.54, 1.807) is 6.20 Å². The molecular formula is C13H17N5. The van der Waals surface area contributed by atoms with Crippen molar-refractivity contribution in [2.45, 2.75) is 18.8 Å². The van der Waals surface area contributed by atoms with Gasteiger partial charge in [-0.1, -0.05) is 0 Å². The zero-order chi connectivity index (χ0) is 12.4. The fraction of sp³-hybridized carbons (Fsp3) is 0.462. The predicted molar refractivity (Wildman–Crippen MR) is 69.1 cm³/mol. The molecule has 1 aliphatic rings. The first kappa shape index (κ1) is 11.3. The minimum absolute atomic E-state index is 0.555. The highest BCUT2D eigenvalue weighted by atomic mass is 15.3. The molecule has 3 rings (SSSR count). The van der Waals surface area contributed by atoms with Gasteiger partial charge in [0.25, 0.3) is 0 Å². The van der Waals surface area contributed by atoms with Crippen LogP contribution in [0, 0.1) is 0 Å². The second-order valence-corrected chi connectivity index (χ2v) is 4.69. The number of nitrogens with one attached hydrogen (secondary N) is 1. The van der Waals surface area contributed by atoms with Crippen LogP contribution in [0.3, 0.4) is 0 Å². The molecule has 94 valence electrons. The number of aromatic nitrogens is 4. The largest absolute Gasteiger partial charge is 0.317 e. The van der Waals surface area contributed by atoms with E-state index in [2.05, 4.69) is 20.4 Å². The van der Waals surface area contributed by atoms with Crippen molar-refractivity contribution >= 4 is 0 Å². The van der Waals surface area contributed by atoms with Gasteiger partial charge in [0.1, 0.15) is 5.69 Å². The molecule has 0 amide bonds. The summed E-state index contributed by atoms with van der Waals surface area (Å²) in [5.74, 6) is 0.555. The molecule has 0 saturated carbocycles. The Morgan fingerprint density at radius 3 is 2.67 bits per heavy atom. The Kier molecular flexibility index (Phi) is 3.06. The third kappa shape index (κ3) is 2.13. The fourth-order valence-corrected chi connectivity index (χ4v) is 2.42. The van der Waals surface area contributed by atoms with E-state index in [1.165, 1.54) is 0 Å². The van der Waals surface area contributed by atoms with Gasteiger partial charge in [0, 0.05) is 25.4 Å². The zero-order valence-electron chi connectivity index (χ0n) is 10.5. The van der Waals surface area contributed by atoms with E-state index in [0.29, 0.717) is 5.92 Å². The lowest BCUT2D eigenvalue weighted by Gasteiger charge is -2.21. The van der Waals surface area contributed by atoms with Crippen molar-refractivity contribution in [3.63, 3.8) is 0 Å². The molecule has 5 heteroatoms. The Morgan fingerprint density at radius 1 is 1.22 bits per heavy atom. The summed E-state index contributed by atoms with van der Waals surface area (Å²) in [6, 6.07) is 1.95. The van der Waals surface area contributed by atoms with Crippen molar-refractivity contribution < 1.29 is 0 Å². The molecule has 0 spiro atoms. The van der Waals surface area contributed by atoms with Crippen molar-refractivity contribution in [2.75, 3.05) is 13.1 Å². The van der Waals surface area contributed by atoms with Gasteiger partial charge in [0.15, 0.2) is 0 Å². The molecule has 2 aromatic heterocycles. The lowest BCUT2D eigenvalue weighted by atomic mass is 9.95. The van der Waals surface area contributed by atoms with Crippen LogP contribution in [0.4, 0.5) is 0 Å². The molecule has 0 atom stereocenters. The smallest absolute Gasteiger partial charge is 0.107 e. The number of hydrogen-bond donors (Lipinski definition) is 1. The van der Waals surface area contributed by atoms with Gasteiger partial charge in [0.05, 0.1) is 17.6 Å². The standard InChI is InChI=1S/C13H17N5/c1-18-13(4-7-17-18)12-9-15-11(8-16-12)10-2-5-14-6-3-10/h4,7-10,14H,2-3,5-6H2,1H3. The second-order valence-electron chi connectivity index (χ2n) is 4.69. The Morgan fingerprint density at radius 2 is 2.06 bits per heavy atom. The first-order chi connectivity index (χ1) is 8.84. The van der Waals surface area contributed by atoms with Gasteiger partial charge in [-0.15, -0.1) is 0 Å². The Bertz CT molecular complexity index is 510. The van der Waals surface area contributed by atoms with Crippen LogP contribution in [-0.2, 0) is 7.05 Å². The Labute approximate surface area is 106 Å². The van der Waals surface area contributed by atoms with Crippen molar-refractivity contribution in [2.24, 2.45) is 7.05 Å². The quantitative estimate of drug-likeness (QED) is 0.865. The molecule has 0 aliphatic carbocycles. The molecule has 1 saturated heterocycles. The molecule has 1 aliphatic heterocycles. The summed E-state index contributed by atoms with van der Waals surface area (Å²) in [4.78, 5) is 9.08. The maximum absolute atomic E-state index is 4.57. The van der Waals surface area contributed by atoms with Gasteiger partial charge in [-0.05, 0) is 32.0 Å². The summed E-state index contributed by atoms with van der Waals surface area (Å²) in [6.07, 6.45) is 7.85. The minimum atomic E-state index is 0.555. The van der Waals surface area contributed by atoms with Crippen LogP contribution in [-0.4, -0.2) is 32.8 Å². The molecule has 3 heterocycles. The van der Waals surface area contributed by atoms with Crippen LogP contribution in [0.2, 0.25) is 0 Å².